The first kappa shape index (κ1) is 24.5. The van der Waals surface area contributed by atoms with Gasteiger partial charge in [-0.1, -0.05) is 158 Å². The Kier molecular flexibility index (Phi) is 7.55. The highest BCUT2D eigenvalue weighted by atomic mass is 31.1. The van der Waals surface area contributed by atoms with Crippen molar-refractivity contribution in [2.24, 2.45) is 0 Å². The molecular formula is C36H26P2. The number of hydrogen-bond acceptors (Lipinski definition) is 0. The maximum Gasteiger partial charge on any atom is -0.000861 e. The van der Waals surface area contributed by atoms with E-state index in [1.54, 1.807) is 0 Å². The molecule has 0 aliphatic carbocycles. The first-order valence-corrected chi connectivity index (χ1v) is 15.4. The zero-order valence-electron chi connectivity index (χ0n) is 20.9. The van der Waals surface area contributed by atoms with E-state index in [9.17, 15) is 0 Å². The lowest BCUT2D eigenvalue weighted by Gasteiger charge is -2.26. The van der Waals surface area contributed by atoms with E-state index in [1.807, 2.05) is 12.1 Å². The molecule has 2 radical (unpaired) electrons. The SMILES string of the molecule is [c]1cccc(P(c2ccccc2)c2ccccc2)c1-c1[c]cccc1P(c1ccccc1)c1ccccc1. The van der Waals surface area contributed by atoms with Crippen molar-refractivity contribution in [2.45, 2.75) is 0 Å². The molecule has 0 aliphatic heterocycles. The first-order valence-electron chi connectivity index (χ1n) is 12.7. The fraction of sp³-hybridized carbons (Fsp3) is 0. The minimum Gasteiger partial charge on any atom is -0.0622 e. The highest BCUT2D eigenvalue weighted by molar-refractivity contribution is 7.80. The molecular weight excluding hydrogens is 494 g/mol. The van der Waals surface area contributed by atoms with Crippen molar-refractivity contribution in [3.05, 3.63) is 170 Å². The second kappa shape index (κ2) is 11.7. The maximum absolute atomic E-state index is 3.67. The minimum atomic E-state index is -0.775. The van der Waals surface area contributed by atoms with Crippen molar-refractivity contribution in [1.82, 2.24) is 0 Å². The summed E-state index contributed by atoms with van der Waals surface area (Å²) in [6, 6.07) is 63.8. The van der Waals surface area contributed by atoms with Crippen LogP contribution in [-0.2, 0) is 0 Å². The smallest absolute Gasteiger partial charge is 0.000861 e. The third kappa shape index (κ3) is 5.12. The van der Waals surface area contributed by atoms with Gasteiger partial charge in [-0.05, 0) is 70.9 Å². The molecule has 0 fully saturated rings. The van der Waals surface area contributed by atoms with Crippen LogP contribution in [0.5, 0.6) is 0 Å². The zero-order valence-corrected chi connectivity index (χ0v) is 22.7. The molecule has 180 valence electrons. The molecule has 0 bridgehead atoms. The molecule has 2 heteroatoms. The van der Waals surface area contributed by atoms with Crippen LogP contribution in [0.2, 0.25) is 0 Å². The van der Waals surface area contributed by atoms with Crippen LogP contribution in [0.15, 0.2) is 158 Å². The van der Waals surface area contributed by atoms with Gasteiger partial charge in [-0.3, -0.25) is 0 Å². The third-order valence-electron chi connectivity index (χ3n) is 6.46. The average Bonchev–Trinajstić information content (AvgIpc) is 3.00. The van der Waals surface area contributed by atoms with Crippen LogP contribution in [0.1, 0.15) is 0 Å². The van der Waals surface area contributed by atoms with Gasteiger partial charge in [0.05, 0.1) is 0 Å². The number of hydrogen-bond donors (Lipinski definition) is 0. The van der Waals surface area contributed by atoms with E-state index in [1.165, 1.54) is 31.8 Å². The second-order valence-corrected chi connectivity index (χ2v) is 13.2. The van der Waals surface area contributed by atoms with Crippen LogP contribution in [0.25, 0.3) is 11.1 Å². The summed E-state index contributed by atoms with van der Waals surface area (Å²) in [6.45, 7) is 0. The third-order valence-corrected chi connectivity index (χ3v) is 11.4. The predicted octanol–water partition coefficient (Wildman–Crippen LogP) is 6.47. The molecule has 0 spiro atoms. The number of benzene rings is 6. The van der Waals surface area contributed by atoms with E-state index in [0.717, 1.165) is 11.1 Å². The van der Waals surface area contributed by atoms with Crippen molar-refractivity contribution in [3.63, 3.8) is 0 Å². The summed E-state index contributed by atoms with van der Waals surface area (Å²) in [6.07, 6.45) is 0. The Labute approximate surface area is 228 Å². The molecule has 0 saturated carbocycles. The van der Waals surface area contributed by atoms with E-state index in [-0.39, 0.29) is 0 Å². The van der Waals surface area contributed by atoms with Gasteiger partial charge >= 0.3 is 0 Å². The van der Waals surface area contributed by atoms with Crippen molar-refractivity contribution < 1.29 is 0 Å². The summed E-state index contributed by atoms with van der Waals surface area (Å²) < 4.78 is 0. The highest BCUT2D eigenvalue weighted by Crippen LogP contribution is 2.40. The van der Waals surface area contributed by atoms with Gasteiger partial charge in [-0.2, -0.15) is 0 Å². The van der Waals surface area contributed by atoms with E-state index >= 15 is 0 Å². The van der Waals surface area contributed by atoms with Crippen molar-refractivity contribution in [2.75, 3.05) is 0 Å². The van der Waals surface area contributed by atoms with E-state index in [4.69, 9.17) is 0 Å². The monoisotopic (exact) mass is 520 g/mol. The summed E-state index contributed by atoms with van der Waals surface area (Å²) in [4.78, 5) is 0. The molecule has 6 aromatic rings. The van der Waals surface area contributed by atoms with Crippen molar-refractivity contribution in [3.8, 4) is 11.1 Å². The Balaban J connectivity index is 1.58. The maximum atomic E-state index is 3.67. The Morgan fingerprint density at radius 1 is 0.316 bits per heavy atom. The molecule has 0 N–H and O–H groups in total. The Hall–Kier alpha value is -3.82. The lowest BCUT2D eigenvalue weighted by molar-refractivity contribution is 1.65. The molecule has 6 aromatic carbocycles. The number of rotatable bonds is 7. The Morgan fingerprint density at radius 2 is 0.605 bits per heavy atom. The van der Waals surface area contributed by atoms with Gasteiger partial charge in [0.25, 0.3) is 0 Å². The molecule has 0 aromatic heterocycles. The summed E-state index contributed by atoms with van der Waals surface area (Å²) in [5.74, 6) is 0. The second-order valence-electron chi connectivity index (χ2n) is 8.87. The van der Waals surface area contributed by atoms with Crippen LogP contribution in [0.4, 0.5) is 0 Å². The zero-order chi connectivity index (χ0) is 25.6. The van der Waals surface area contributed by atoms with Gasteiger partial charge in [0.15, 0.2) is 0 Å². The van der Waals surface area contributed by atoms with E-state index < -0.39 is 15.8 Å². The average molecular weight is 521 g/mol. The molecule has 0 atom stereocenters. The normalized spacial score (nSPS) is 11.1. The fourth-order valence-corrected chi connectivity index (χ4v) is 9.65. The van der Waals surface area contributed by atoms with Gasteiger partial charge in [0, 0.05) is 0 Å². The van der Waals surface area contributed by atoms with E-state index in [0.29, 0.717) is 0 Å². The van der Waals surface area contributed by atoms with Crippen LogP contribution < -0.4 is 31.8 Å². The van der Waals surface area contributed by atoms with Gasteiger partial charge in [0.1, 0.15) is 0 Å². The molecule has 0 saturated heterocycles. The Bertz CT molecular complexity index is 1390. The minimum absolute atomic E-state index is 0.775. The molecule has 0 amide bonds. The summed E-state index contributed by atoms with van der Waals surface area (Å²) in [7, 11) is -1.55. The summed E-state index contributed by atoms with van der Waals surface area (Å²) in [5, 5.41) is 7.95. The summed E-state index contributed by atoms with van der Waals surface area (Å²) in [5.41, 5.74) is 2.28. The van der Waals surface area contributed by atoms with Crippen LogP contribution in [-0.4, -0.2) is 0 Å². The van der Waals surface area contributed by atoms with E-state index in [2.05, 4.69) is 158 Å². The van der Waals surface area contributed by atoms with Gasteiger partial charge in [0.2, 0.25) is 0 Å². The molecule has 0 heterocycles. The molecule has 6 rings (SSSR count). The quantitative estimate of drug-likeness (QED) is 0.212. The molecule has 0 aliphatic rings. The molecule has 0 nitrogen and oxygen atoms in total. The van der Waals surface area contributed by atoms with Crippen LogP contribution in [0.3, 0.4) is 0 Å². The van der Waals surface area contributed by atoms with Crippen LogP contribution >= 0.6 is 15.8 Å². The Morgan fingerprint density at radius 3 is 0.895 bits per heavy atom. The molecule has 38 heavy (non-hydrogen) atoms. The molecule has 0 unspecified atom stereocenters. The van der Waals surface area contributed by atoms with Crippen molar-refractivity contribution >= 4 is 47.7 Å². The standard InChI is InChI=1S/C36H26P2/c1-5-17-29(18-6-1)37(30-19-7-2-8-20-30)35-27-15-13-25-33(35)34-26-14-16-28-36(34)38(31-21-9-3-10-22-31)32-23-11-4-12-24-32/h1-24,27-28H. The van der Waals surface area contributed by atoms with Crippen LogP contribution in [0, 0.1) is 12.1 Å². The van der Waals surface area contributed by atoms with Gasteiger partial charge < -0.3 is 0 Å². The lowest BCUT2D eigenvalue weighted by Crippen LogP contribution is -2.25. The van der Waals surface area contributed by atoms with Gasteiger partial charge in [-0.25, -0.2) is 0 Å². The largest absolute Gasteiger partial charge is 0.0622 e. The fourth-order valence-electron chi connectivity index (χ4n) is 4.79. The highest BCUT2D eigenvalue weighted by Gasteiger charge is 2.24. The van der Waals surface area contributed by atoms with Gasteiger partial charge in [-0.15, -0.1) is 0 Å². The lowest BCUT2D eigenvalue weighted by atomic mass is 10.1. The van der Waals surface area contributed by atoms with Crippen molar-refractivity contribution in [1.29, 1.82) is 0 Å². The predicted molar refractivity (Wildman–Crippen MR) is 167 cm³/mol. The topological polar surface area (TPSA) is 0 Å². The summed E-state index contributed by atoms with van der Waals surface area (Å²) >= 11 is 0. The first-order chi connectivity index (χ1) is 18.9.